The number of hydrogen-bond donors (Lipinski definition) is 0. The molecule has 2 aliphatic rings. The first kappa shape index (κ1) is 13.9. The van der Waals surface area contributed by atoms with E-state index in [0.717, 1.165) is 6.07 Å². The Bertz CT molecular complexity index is 562. The van der Waals surface area contributed by atoms with Gasteiger partial charge in [-0.3, -0.25) is 4.79 Å². The molecule has 1 aromatic rings. The van der Waals surface area contributed by atoms with Gasteiger partial charge in [-0.05, 0) is 43.9 Å². The molecule has 5 heteroatoms. The topological polar surface area (TPSA) is 17.1 Å². The second-order valence-electron chi connectivity index (χ2n) is 5.93. The van der Waals surface area contributed by atoms with Crippen molar-refractivity contribution >= 4 is 17.4 Å². The van der Waals surface area contributed by atoms with Gasteiger partial charge in [-0.15, -0.1) is 0 Å². The van der Waals surface area contributed by atoms with Gasteiger partial charge in [0.2, 0.25) is 0 Å². The summed E-state index contributed by atoms with van der Waals surface area (Å²) >= 11 is 5.66. The zero-order valence-corrected chi connectivity index (χ0v) is 11.5. The summed E-state index contributed by atoms with van der Waals surface area (Å²) in [4.78, 5) is 12.3. The van der Waals surface area contributed by atoms with Gasteiger partial charge in [-0.1, -0.05) is 11.6 Å². The monoisotopic (exact) mass is 302 g/mol. The average molecular weight is 303 g/mol. The number of hydrogen-bond acceptors (Lipinski definition) is 1. The van der Waals surface area contributed by atoms with Crippen LogP contribution in [0.15, 0.2) is 18.2 Å². The van der Waals surface area contributed by atoms with Crippen LogP contribution in [0.1, 0.15) is 42.5 Å². The Labute approximate surface area is 120 Å². The summed E-state index contributed by atoms with van der Waals surface area (Å²) in [6.45, 7) is 0. The van der Waals surface area contributed by atoms with Crippen LogP contribution in [0, 0.1) is 17.2 Å². The van der Waals surface area contributed by atoms with E-state index in [4.69, 9.17) is 11.6 Å². The average Bonchev–Trinajstić information content (AvgIpc) is 2.93. The van der Waals surface area contributed by atoms with Gasteiger partial charge in [-0.25, -0.2) is 13.2 Å². The number of carbonyl (C=O) groups excluding carboxylic acids is 1. The maximum absolute atomic E-state index is 13.3. The second-order valence-corrected chi connectivity index (χ2v) is 6.34. The molecular weight excluding hydrogens is 289 g/mol. The van der Waals surface area contributed by atoms with E-state index in [9.17, 15) is 18.0 Å². The number of alkyl halides is 2. The zero-order chi connectivity index (χ0) is 14.5. The van der Waals surface area contributed by atoms with Gasteiger partial charge < -0.3 is 0 Å². The highest BCUT2D eigenvalue weighted by atomic mass is 35.5. The van der Waals surface area contributed by atoms with Crippen LogP contribution in [0.4, 0.5) is 13.2 Å². The SMILES string of the molecule is O=C(c1ccc(F)c(Cl)c1)C1CCC2(CC1)CC2(F)F. The molecule has 0 atom stereocenters. The van der Waals surface area contributed by atoms with E-state index < -0.39 is 17.2 Å². The molecule has 0 unspecified atom stereocenters. The van der Waals surface area contributed by atoms with Crippen molar-refractivity contribution in [3.63, 3.8) is 0 Å². The Morgan fingerprint density at radius 2 is 1.85 bits per heavy atom. The van der Waals surface area contributed by atoms with Gasteiger partial charge >= 0.3 is 0 Å². The first-order valence-electron chi connectivity index (χ1n) is 6.72. The number of benzene rings is 1. The lowest BCUT2D eigenvalue weighted by Crippen LogP contribution is -2.25. The second kappa shape index (κ2) is 4.48. The van der Waals surface area contributed by atoms with E-state index in [1.54, 1.807) is 0 Å². The number of ketones is 1. The molecule has 0 heterocycles. The zero-order valence-electron chi connectivity index (χ0n) is 10.8. The van der Waals surface area contributed by atoms with E-state index in [2.05, 4.69) is 0 Å². The lowest BCUT2D eigenvalue weighted by Gasteiger charge is -2.27. The summed E-state index contributed by atoms with van der Waals surface area (Å²) in [6.07, 6.45) is 1.70. The Balaban J connectivity index is 1.69. The van der Waals surface area contributed by atoms with Gasteiger partial charge in [-0.2, -0.15) is 0 Å². The number of rotatable bonds is 2. The molecule has 0 saturated heterocycles. The van der Waals surface area contributed by atoms with Crippen molar-refractivity contribution in [3.8, 4) is 0 Å². The summed E-state index contributed by atoms with van der Waals surface area (Å²) in [5.41, 5.74) is -0.482. The molecule has 2 aliphatic carbocycles. The summed E-state index contributed by atoms with van der Waals surface area (Å²) in [5.74, 6) is -3.48. The lowest BCUT2D eigenvalue weighted by atomic mass is 9.76. The fraction of sp³-hybridized carbons (Fsp3) is 0.533. The molecular formula is C15H14ClF3O. The fourth-order valence-electron chi connectivity index (χ4n) is 3.24. The first-order chi connectivity index (χ1) is 9.35. The van der Waals surface area contributed by atoms with Crippen LogP contribution in [0.5, 0.6) is 0 Å². The van der Waals surface area contributed by atoms with Crippen LogP contribution in [-0.4, -0.2) is 11.7 Å². The van der Waals surface area contributed by atoms with E-state index >= 15 is 0 Å². The molecule has 1 nitrogen and oxygen atoms in total. The van der Waals surface area contributed by atoms with E-state index in [0.29, 0.717) is 31.2 Å². The van der Waals surface area contributed by atoms with Gasteiger partial charge in [0.1, 0.15) is 5.82 Å². The Kier molecular flexibility index (Phi) is 3.12. The number of carbonyl (C=O) groups is 1. The minimum absolute atomic E-state index is 0.0384. The molecule has 0 aliphatic heterocycles. The lowest BCUT2D eigenvalue weighted by molar-refractivity contribution is 0.0390. The molecule has 3 rings (SSSR count). The molecule has 1 aromatic carbocycles. The Morgan fingerprint density at radius 1 is 1.25 bits per heavy atom. The highest BCUT2D eigenvalue weighted by Gasteiger charge is 2.70. The minimum atomic E-state index is -2.54. The van der Waals surface area contributed by atoms with E-state index in [1.165, 1.54) is 12.1 Å². The van der Waals surface area contributed by atoms with Crippen LogP contribution >= 0.6 is 11.6 Å². The van der Waals surface area contributed by atoms with Gasteiger partial charge in [0.15, 0.2) is 5.78 Å². The predicted molar refractivity (Wildman–Crippen MR) is 69.7 cm³/mol. The van der Waals surface area contributed by atoms with Crippen LogP contribution in [-0.2, 0) is 0 Å². The molecule has 0 bridgehead atoms. The van der Waals surface area contributed by atoms with Crippen molar-refractivity contribution in [1.82, 2.24) is 0 Å². The first-order valence-corrected chi connectivity index (χ1v) is 7.10. The largest absolute Gasteiger partial charge is 0.294 e. The molecule has 1 spiro atoms. The van der Waals surface area contributed by atoms with Crippen molar-refractivity contribution < 1.29 is 18.0 Å². The predicted octanol–water partition coefficient (Wildman–Crippen LogP) is 4.88. The van der Waals surface area contributed by atoms with Crippen LogP contribution < -0.4 is 0 Å². The normalized spacial score (nSPS) is 31.3. The van der Waals surface area contributed by atoms with E-state index in [-0.39, 0.29) is 23.1 Å². The summed E-state index contributed by atoms with van der Waals surface area (Å²) in [6, 6.07) is 3.88. The molecule has 20 heavy (non-hydrogen) atoms. The molecule has 0 radical (unpaired) electrons. The maximum Gasteiger partial charge on any atom is 0.254 e. The third-order valence-electron chi connectivity index (χ3n) is 4.73. The molecule has 2 saturated carbocycles. The van der Waals surface area contributed by atoms with Crippen molar-refractivity contribution in [1.29, 1.82) is 0 Å². The van der Waals surface area contributed by atoms with Crippen LogP contribution in [0.25, 0.3) is 0 Å². The fourth-order valence-corrected chi connectivity index (χ4v) is 3.42. The minimum Gasteiger partial charge on any atom is -0.294 e. The van der Waals surface area contributed by atoms with Gasteiger partial charge in [0, 0.05) is 23.3 Å². The summed E-state index contributed by atoms with van der Waals surface area (Å²) in [5, 5.41) is -0.0862. The molecule has 0 N–H and O–H groups in total. The Hall–Kier alpha value is -1.03. The third kappa shape index (κ3) is 2.14. The molecule has 0 amide bonds. The highest BCUT2D eigenvalue weighted by molar-refractivity contribution is 6.31. The third-order valence-corrected chi connectivity index (χ3v) is 5.02. The van der Waals surface area contributed by atoms with Gasteiger partial charge in [0.05, 0.1) is 5.02 Å². The molecule has 2 fully saturated rings. The number of halogens is 4. The van der Waals surface area contributed by atoms with Crippen molar-refractivity contribution in [2.24, 2.45) is 11.3 Å². The maximum atomic E-state index is 13.3. The smallest absolute Gasteiger partial charge is 0.254 e. The molecule has 108 valence electrons. The molecule has 0 aromatic heterocycles. The van der Waals surface area contributed by atoms with Crippen molar-refractivity contribution in [2.75, 3.05) is 0 Å². The highest BCUT2D eigenvalue weighted by Crippen LogP contribution is 2.68. The van der Waals surface area contributed by atoms with Crippen molar-refractivity contribution in [3.05, 3.63) is 34.6 Å². The number of Topliss-reactive ketones (excluding diaryl/α,β-unsaturated/α-hetero) is 1. The standard InChI is InChI=1S/C15H14ClF3O/c16-11-7-10(1-2-12(11)17)13(20)9-3-5-14(6-4-9)8-15(14,18)19/h1-2,7,9H,3-6,8H2. The summed E-state index contributed by atoms with van der Waals surface area (Å²) in [7, 11) is 0. The van der Waals surface area contributed by atoms with Crippen LogP contribution in [0.3, 0.4) is 0 Å². The van der Waals surface area contributed by atoms with Crippen molar-refractivity contribution in [2.45, 2.75) is 38.0 Å². The van der Waals surface area contributed by atoms with Crippen LogP contribution in [0.2, 0.25) is 5.02 Å². The van der Waals surface area contributed by atoms with E-state index in [1.807, 2.05) is 0 Å². The summed E-state index contributed by atoms with van der Waals surface area (Å²) < 4.78 is 39.6. The van der Waals surface area contributed by atoms with Gasteiger partial charge in [0.25, 0.3) is 5.92 Å². The quantitative estimate of drug-likeness (QED) is 0.712. The Morgan fingerprint density at radius 3 is 2.35 bits per heavy atom.